The number of nitrogens with zero attached hydrogens (tertiary/aromatic N) is 1. The van der Waals surface area contributed by atoms with Crippen molar-refractivity contribution in [2.45, 2.75) is 40.0 Å². The monoisotopic (exact) mass is 252 g/mol. The summed E-state index contributed by atoms with van der Waals surface area (Å²) in [5.74, 6) is -0.916. The molecule has 1 fully saturated rings. The lowest BCUT2D eigenvalue weighted by atomic mass is 9.72. The zero-order valence-corrected chi connectivity index (χ0v) is 11.4. The summed E-state index contributed by atoms with van der Waals surface area (Å²) in [5.41, 5.74) is -0.438. The van der Waals surface area contributed by atoms with E-state index in [2.05, 4.69) is 5.32 Å². The van der Waals surface area contributed by atoms with Crippen molar-refractivity contribution in [3.05, 3.63) is 11.6 Å². The molecule has 0 aromatic carbocycles. The first-order chi connectivity index (χ1) is 8.45. The molecule has 0 spiro atoms. The zero-order valence-electron chi connectivity index (χ0n) is 11.4. The number of hydrogen-bond acceptors (Lipinski definition) is 3. The van der Waals surface area contributed by atoms with Gasteiger partial charge in [0.1, 0.15) is 5.41 Å². The molecule has 0 aliphatic carbocycles. The highest BCUT2D eigenvalue weighted by molar-refractivity contribution is 6.20. The number of nitrogens with one attached hydrogen (secondary N) is 1. The fraction of sp³-hybridized carbons (Fsp3) is 0.615. The van der Waals surface area contributed by atoms with Crippen molar-refractivity contribution in [2.24, 2.45) is 5.41 Å². The molecule has 18 heavy (non-hydrogen) atoms. The van der Waals surface area contributed by atoms with Gasteiger partial charge in [-0.25, -0.2) is 4.79 Å². The van der Waals surface area contributed by atoms with Crippen LogP contribution in [0.4, 0.5) is 4.79 Å². The van der Waals surface area contributed by atoms with Crippen LogP contribution < -0.4 is 5.32 Å². The van der Waals surface area contributed by atoms with E-state index >= 15 is 0 Å². The van der Waals surface area contributed by atoms with Gasteiger partial charge < -0.3 is 0 Å². The van der Waals surface area contributed by atoms with Crippen molar-refractivity contribution in [3.63, 3.8) is 0 Å². The number of imide groups is 2. The van der Waals surface area contributed by atoms with Gasteiger partial charge in [0.05, 0.1) is 0 Å². The summed E-state index contributed by atoms with van der Waals surface area (Å²) in [4.78, 5) is 37.1. The molecule has 0 radical (unpaired) electrons. The second kappa shape index (κ2) is 5.33. The molecule has 5 heteroatoms. The van der Waals surface area contributed by atoms with Crippen molar-refractivity contribution >= 4 is 17.8 Å². The van der Waals surface area contributed by atoms with Crippen molar-refractivity contribution in [1.29, 1.82) is 0 Å². The molecule has 100 valence electrons. The molecule has 1 aliphatic heterocycles. The molecular formula is C13H20N2O3. The van der Waals surface area contributed by atoms with Crippen molar-refractivity contribution in [3.8, 4) is 0 Å². The van der Waals surface area contributed by atoms with Crippen molar-refractivity contribution in [2.75, 3.05) is 7.05 Å². The number of barbiturate groups is 1. The van der Waals surface area contributed by atoms with Gasteiger partial charge in [-0.15, -0.1) is 0 Å². The number of allylic oxidation sites excluding steroid dienone is 1. The summed E-state index contributed by atoms with van der Waals surface area (Å²) in [6.45, 7) is 5.64. The molecule has 1 atom stereocenters. The maximum absolute atomic E-state index is 12.4. The van der Waals surface area contributed by atoms with Crippen molar-refractivity contribution < 1.29 is 14.4 Å². The van der Waals surface area contributed by atoms with Crippen LogP contribution in [-0.4, -0.2) is 29.8 Å². The summed E-state index contributed by atoms with van der Waals surface area (Å²) >= 11 is 0. The van der Waals surface area contributed by atoms with E-state index < -0.39 is 23.3 Å². The van der Waals surface area contributed by atoms with E-state index in [0.717, 1.165) is 10.5 Å². The summed E-state index contributed by atoms with van der Waals surface area (Å²) in [7, 11) is 1.40. The minimum Gasteiger partial charge on any atom is -0.276 e. The minimum absolute atomic E-state index is 0.419. The van der Waals surface area contributed by atoms with Gasteiger partial charge in [0, 0.05) is 7.05 Å². The second-order valence-corrected chi connectivity index (χ2v) is 4.45. The Kier molecular flexibility index (Phi) is 4.27. The molecule has 1 heterocycles. The normalized spacial score (nSPS) is 25.4. The Bertz CT molecular complexity index is 414. The van der Waals surface area contributed by atoms with E-state index in [1.165, 1.54) is 7.05 Å². The first kappa shape index (κ1) is 14.4. The quantitative estimate of drug-likeness (QED) is 0.613. The van der Waals surface area contributed by atoms with Crippen LogP contribution in [0.25, 0.3) is 0 Å². The molecule has 0 aromatic rings. The van der Waals surface area contributed by atoms with E-state index in [1.807, 2.05) is 20.8 Å². The second-order valence-electron chi connectivity index (χ2n) is 4.45. The van der Waals surface area contributed by atoms with Gasteiger partial charge >= 0.3 is 6.03 Å². The smallest absolute Gasteiger partial charge is 0.276 e. The van der Waals surface area contributed by atoms with Crippen LogP contribution in [0.5, 0.6) is 0 Å². The Morgan fingerprint density at radius 3 is 2.39 bits per heavy atom. The van der Waals surface area contributed by atoms with Gasteiger partial charge in [0.25, 0.3) is 0 Å². The van der Waals surface area contributed by atoms with E-state index in [-0.39, 0.29) is 0 Å². The molecule has 0 bridgehead atoms. The third-order valence-corrected chi connectivity index (χ3v) is 3.48. The van der Waals surface area contributed by atoms with E-state index in [4.69, 9.17) is 0 Å². The van der Waals surface area contributed by atoms with Gasteiger partial charge in [-0.05, 0) is 25.3 Å². The summed E-state index contributed by atoms with van der Waals surface area (Å²) in [5, 5.41) is 2.27. The number of carbonyl (C=O) groups is 3. The minimum atomic E-state index is -1.21. The standard InChI is InChI=1S/C13H20N2O3/c1-5-8-13(9(6-2)7-3)10(16)14-12(18)15(4)11(13)17/h6H,5,7-8H2,1-4H3,(H,14,16,18). The molecular weight excluding hydrogens is 232 g/mol. The highest BCUT2D eigenvalue weighted by atomic mass is 16.2. The fourth-order valence-corrected chi connectivity index (χ4v) is 2.55. The van der Waals surface area contributed by atoms with Crippen LogP contribution in [0.3, 0.4) is 0 Å². The van der Waals surface area contributed by atoms with Crippen LogP contribution in [-0.2, 0) is 9.59 Å². The van der Waals surface area contributed by atoms with E-state index in [0.29, 0.717) is 19.3 Å². The van der Waals surface area contributed by atoms with Gasteiger partial charge in [0.15, 0.2) is 0 Å². The van der Waals surface area contributed by atoms with Gasteiger partial charge in [0.2, 0.25) is 11.8 Å². The average Bonchev–Trinajstić information content (AvgIpc) is 2.35. The Labute approximate surface area is 107 Å². The van der Waals surface area contributed by atoms with E-state index in [1.54, 1.807) is 6.08 Å². The molecule has 0 saturated carbocycles. The zero-order chi connectivity index (χ0) is 13.9. The summed E-state index contributed by atoms with van der Waals surface area (Å²) in [6, 6.07) is -0.650. The Morgan fingerprint density at radius 1 is 1.33 bits per heavy atom. The average molecular weight is 252 g/mol. The molecule has 1 rings (SSSR count). The largest absolute Gasteiger partial charge is 0.330 e. The number of rotatable bonds is 4. The number of carbonyl (C=O) groups excluding carboxylic acids is 3. The SMILES string of the molecule is CC=C(CC)C1(CCC)C(=O)NC(=O)N(C)C1=O. The highest BCUT2D eigenvalue weighted by Crippen LogP contribution is 2.39. The maximum Gasteiger partial charge on any atom is 0.330 e. The van der Waals surface area contributed by atoms with Crippen LogP contribution >= 0.6 is 0 Å². The Hall–Kier alpha value is -1.65. The lowest BCUT2D eigenvalue weighted by molar-refractivity contribution is -0.148. The van der Waals surface area contributed by atoms with Crippen LogP contribution in [0.1, 0.15) is 40.0 Å². The fourth-order valence-electron chi connectivity index (χ4n) is 2.55. The topological polar surface area (TPSA) is 66.5 Å². The van der Waals surface area contributed by atoms with Gasteiger partial charge in [-0.2, -0.15) is 0 Å². The van der Waals surface area contributed by atoms with Crippen LogP contribution in [0.15, 0.2) is 11.6 Å². The Morgan fingerprint density at radius 2 is 1.94 bits per heavy atom. The predicted octanol–water partition coefficient (Wildman–Crippen LogP) is 1.84. The Balaban J connectivity index is 3.36. The number of urea groups is 1. The molecule has 0 aromatic heterocycles. The van der Waals surface area contributed by atoms with Gasteiger partial charge in [-0.3, -0.25) is 19.8 Å². The predicted molar refractivity (Wildman–Crippen MR) is 67.7 cm³/mol. The molecule has 5 nitrogen and oxygen atoms in total. The first-order valence-corrected chi connectivity index (χ1v) is 6.24. The lowest BCUT2D eigenvalue weighted by Gasteiger charge is -2.39. The summed E-state index contributed by atoms with van der Waals surface area (Å²) < 4.78 is 0. The first-order valence-electron chi connectivity index (χ1n) is 6.24. The van der Waals surface area contributed by atoms with Crippen LogP contribution in [0, 0.1) is 5.41 Å². The van der Waals surface area contributed by atoms with Crippen LogP contribution in [0.2, 0.25) is 0 Å². The summed E-state index contributed by atoms with van der Waals surface area (Å²) in [6.07, 6.45) is 3.52. The molecule has 4 amide bonds. The van der Waals surface area contributed by atoms with Gasteiger partial charge in [-0.1, -0.05) is 26.3 Å². The third-order valence-electron chi connectivity index (χ3n) is 3.48. The molecule has 1 unspecified atom stereocenters. The van der Waals surface area contributed by atoms with E-state index in [9.17, 15) is 14.4 Å². The van der Waals surface area contributed by atoms with Crippen molar-refractivity contribution in [1.82, 2.24) is 10.2 Å². The number of hydrogen-bond donors (Lipinski definition) is 1. The molecule has 1 saturated heterocycles. The maximum atomic E-state index is 12.4. The third kappa shape index (κ3) is 1.94. The number of amides is 4. The highest BCUT2D eigenvalue weighted by Gasteiger charge is 2.53. The lowest BCUT2D eigenvalue weighted by Crippen LogP contribution is -2.63. The molecule has 1 N–H and O–H groups in total. The molecule has 1 aliphatic rings.